The minimum atomic E-state index is -0.0651. The minimum absolute atomic E-state index is 0.0651. The number of nitrogens with one attached hydrogen (secondary N) is 2. The largest absolute Gasteiger partial charge is 0.315 e. The van der Waals surface area contributed by atoms with Crippen molar-refractivity contribution in [2.24, 2.45) is 0 Å². The predicted octanol–water partition coefficient (Wildman–Crippen LogP) is 2.50. The van der Waals surface area contributed by atoms with E-state index in [0.29, 0.717) is 23.9 Å². The molecule has 1 fully saturated rings. The molecule has 2 N–H and O–H groups in total. The fraction of sp³-hybridized carbons (Fsp3) is 0.300. The van der Waals surface area contributed by atoms with Crippen LogP contribution in [0.25, 0.3) is 22.1 Å². The van der Waals surface area contributed by atoms with Crippen LogP contribution in [0.5, 0.6) is 0 Å². The number of hydrogen-bond donors (Lipinski definition) is 2. The Kier molecular flexibility index (Phi) is 6.01. The summed E-state index contributed by atoms with van der Waals surface area (Å²) in [6.07, 6.45) is 2.78. The lowest BCUT2D eigenvalue weighted by Crippen LogP contribution is -2.35. The predicted molar refractivity (Wildman–Crippen MR) is 111 cm³/mol. The fourth-order valence-electron chi connectivity index (χ4n) is 3.12. The molecule has 4 heterocycles. The molecule has 0 aromatic carbocycles. The molecule has 144 valence electrons. The van der Waals surface area contributed by atoms with E-state index in [9.17, 15) is 4.79 Å². The van der Waals surface area contributed by atoms with Crippen molar-refractivity contribution < 1.29 is 4.79 Å². The van der Waals surface area contributed by atoms with Crippen LogP contribution in [0.2, 0.25) is 0 Å². The maximum absolute atomic E-state index is 12.6. The number of pyridine rings is 1. The molecule has 4 rings (SSSR count). The van der Waals surface area contributed by atoms with E-state index in [1.54, 1.807) is 23.6 Å². The van der Waals surface area contributed by atoms with Gasteiger partial charge in [0.25, 0.3) is 0 Å². The van der Waals surface area contributed by atoms with E-state index in [-0.39, 0.29) is 5.91 Å². The SMILES string of the molecule is O=C(CN1CCCNCC1)Nc1cc(-c2ccccn2)nc(-c2cccs2)n1. The van der Waals surface area contributed by atoms with Crippen LogP contribution in [0.15, 0.2) is 48.0 Å². The Morgan fingerprint density at radius 2 is 2.11 bits per heavy atom. The van der Waals surface area contributed by atoms with Crippen LogP contribution in [0.4, 0.5) is 5.82 Å². The van der Waals surface area contributed by atoms with Crippen LogP contribution in [-0.4, -0.2) is 58.5 Å². The number of carbonyl (C=O) groups is 1. The lowest BCUT2D eigenvalue weighted by molar-refractivity contribution is -0.117. The molecule has 1 saturated heterocycles. The van der Waals surface area contributed by atoms with Gasteiger partial charge in [0.05, 0.1) is 22.8 Å². The van der Waals surface area contributed by atoms with Gasteiger partial charge in [-0.1, -0.05) is 12.1 Å². The molecular weight excluding hydrogens is 372 g/mol. The van der Waals surface area contributed by atoms with Crippen molar-refractivity contribution in [1.29, 1.82) is 0 Å². The van der Waals surface area contributed by atoms with E-state index >= 15 is 0 Å². The molecule has 1 aliphatic heterocycles. The first-order valence-corrected chi connectivity index (χ1v) is 10.2. The maximum atomic E-state index is 12.6. The zero-order valence-corrected chi connectivity index (χ0v) is 16.3. The highest BCUT2D eigenvalue weighted by Crippen LogP contribution is 2.26. The van der Waals surface area contributed by atoms with Crippen LogP contribution in [-0.2, 0) is 4.79 Å². The third kappa shape index (κ3) is 4.78. The number of thiophene rings is 1. The van der Waals surface area contributed by atoms with Gasteiger partial charge in [0.1, 0.15) is 5.82 Å². The second-order valence-electron chi connectivity index (χ2n) is 6.58. The summed E-state index contributed by atoms with van der Waals surface area (Å²) in [6.45, 7) is 4.06. The Morgan fingerprint density at radius 3 is 2.93 bits per heavy atom. The topological polar surface area (TPSA) is 83.0 Å². The summed E-state index contributed by atoms with van der Waals surface area (Å²) in [5.41, 5.74) is 1.44. The van der Waals surface area contributed by atoms with Gasteiger partial charge in [-0.05, 0) is 43.1 Å². The Labute approximate surface area is 167 Å². The van der Waals surface area contributed by atoms with Gasteiger partial charge in [0, 0.05) is 25.4 Å². The number of hydrogen-bond acceptors (Lipinski definition) is 7. The van der Waals surface area contributed by atoms with E-state index in [1.165, 1.54) is 0 Å². The molecule has 0 aliphatic carbocycles. The van der Waals surface area contributed by atoms with Crippen molar-refractivity contribution in [3.63, 3.8) is 0 Å². The van der Waals surface area contributed by atoms with Gasteiger partial charge in [0.2, 0.25) is 5.91 Å². The Hall–Kier alpha value is -2.68. The van der Waals surface area contributed by atoms with Crippen LogP contribution in [0.3, 0.4) is 0 Å². The van der Waals surface area contributed by atoms with Crippen LogP contribution in [0, 0.1) is 0 Å². The number of rotatable bonds is 5. The lowest BCUT2D eigenvalue weighted by atomic mass is 10.2. The average Bonchev–Trinajstić information content (AvgIpc) is 3.14. The standard InChI is InChI=1S/C20H22N6OS/c27-19(14-26-10-4-7-21-9-11-26)24-18-13-16(15-5-1-2-8-22-15)23-20(25-18)17-6-3-12-28-17/h1-3,5-6,8,12-13,21H,4,7,9-11,14H2,(H,23,24,25,27). The fourth-order valence-corrected chi connectivity index (χ4v) is 3.78. The molecule has 0 unspecified atom stereocenters. The third-order valence-corrected chi connectivity index (χ3v) is 5.33. The molecule has 1 aliphatic rings. The quantitative estimate of drug-likeness (QED) is 0.692. The molecule has 0 spiro atoms. The lowest BCUT2D eigenvalue weighted by Gasteiger charge is -2.18. The molecule has 3 aromatic heterocycles. The Balaban J connectivity index is 1.57. The summed E-state index contributed by atoms with van der Waals surface area (Å²) in [5, 5.41) is 8.28. The first-order chi connectivity index (χ1) is 13.8. The molecule has 3 aromatic rings. The van der Waals surface area contributed by atoms with Gasteiger partial charge in [-0.25, -0.2) is 9.97 Å². The Morgan fingerprint density at radius 1 is 1.14 bits per heavy atom. The van der Waals surface area contributed by atoms with Gasteiger partial charge in [-0.2, -0.15) is 0 Å². The van der Waals surface area contributed by atoms with Crippen molar-refractivity contribution in [2.45, 2.75) is 6.42 Å². The molecular formula is C20H22N6OS. The molecule has 0 radical (unpaired) electrons. The van der Waals surface area contributed by atoms with E-state index in [2.05, 4.69) is 30.5 Å². The summed E-state index contributed by atoms with van der Waals surface area (Å²) in [7, 11) is 0. The minimum Gasteiger partial charge on any atom is -0.315 e. The summed E-state index contributed by atoms with van der Waals surface area (Å²) in [6, 6.07) is 11.4. The van der Waals surface area contributed by atoms with Crippen molar-refractivity contribution in [3.05, 3.63) is 48.0 Å². The second-order valence-corrected chi connectivity index (χ2v) is 7.53. The average molecular weight is 395 g/mol. The highest BCUT2D eigenvalue weighted by molar-refractivity contribution is 7.13. The van der Waals surface area contributed by atoms with Crippen molar-refractivity contribution >= 4 is 23.1 Å². The van der Waals surface area contributed by atoms with Crippen molar-refractivity contribution in [2.75, 3.05) is 38.0 Å². The first kappa shape index (κ1) is 18.7. The van der Waals surface area contributed by atoms with Crippen molar-refractivity contribution in [1.82, 2.24) is 25.2 Å². The number of aromatic nitrogens is 3. The monoisotopic (exact) mass is 394 g/mol. The highest BCUT2D eigenvalue weighted by atomic mass is 32.1. The third-order valence-electron chi connectivity index (χ3n) is 4.46. The van der Waals surface area contributed by atoms with Crippen LogP contribution in [0.1, 0.15) is 6.42 Å². The second kappa shape index (κ2) is 9.01. The molecule has 0 atom stereocenters. The maximum Gasteiger partial charge on any atom is 0.239 e. The molecule has 28 heavy (non-hydrogen) atoms. The zero-order chi connectivity index (χ0) is 19.2. The van der Waals surface area contributed by atoms with E-state index in [0.717, 1.165) is 43.2 Å². The molecule has 1 amide bonds. The Bertz CT molecular complexity index is 908. The van der Waals surface area contributed by atoms with E-state index in [4.69, 9.17) is 0 Å². The van der Waals surface area contributed by atoms with Crippen LogP contribution >= 0.6 is 11.3 Å². The number of anilines is 1. The van der Waals surface area contributed by atoms with Gasteiger partial charge in [-0.3, -0.25) is 14.7 Å². The summed E-state index contributed by atoms with van der Waals surface area (Å²) >= 11 is 1.57. The summed E-state index contributed by atoms with van der Waals surface area (Å²) < 4.78 is 0. The van der Waals surface area contributed by atoms with E-state index in [1.807, 2.05) is 35.7 Å². The van der Waals surface area contributed by atoms with Gasteiger partial charge >= 0.3 is 0 Å². The smallest absolute Gasteiger partial charge is 0.239 e. The zero-order valence-electron chi connectivity index (χ0n) is 15.5. The van der Waals surface area contributed by atoms with Crippen molar-refractivity contribution in [3.8, 4) is 22.1 Å². The van der Waals surface area contributed by atoms with Gasteiger partial charge in [0.15, 0.2) is 5.82 Å². The number of carbonyl (C=O) groups excluding carboxylic acids is 1. The van der Waals surface area contributed by atoms with Crippen LogP contribution < -0.4 is 10.6 Å². The van der Waals surface area contributed by atoms with Gasteiger partial charge in [-0.15, -0.1) is 11.3 Å². The summed E-state index contributed by atoms with van der Waals surface area (Å²) in [5.74, 6) is 1.02. The molecule has 0 bridgehead atoms. The number of amides is 1. The molecule has 0 saturated carbocycles. The number of nitrogens with zero attached hydrogens (tertiary/aromatic N) is 4. The molecule has 7 nitrogen and oxygen atoms in total. The van der Waals surface area contributed by atoms with E-state index < -0.39 is 0 Å². The normalized spacial score (nSPS) is 15.1. The highest BCUT2D eigenvalue weighted by Gasteiger charge is 2.15. The molecule has 8 heteroatoms. The van der Waals surface area contributed by atoms with Gasteiger partial charge < -0.3 is 10.6 Å². The first-order valence-electron chi connectivity index (χ1n) is 9.35. The summed E-state index contributed by atoms with van der Waals surface area (Å²) in [4.78, 5) is 29.3.